The fourth-order valence-electron chi connectivity index (χ4n) is 2.19. The van der Waals surface area contributed by atoms with Gasteiger partial charge in [-0.15, -0.1) is 0 Å². The highest BCUT2D eigenvalue weighted by Gasteiger charge is 2.13. The van der Waals surface area contributed by atoms with E-state index in [1.54, 1.807) is 13.1 Å². The van der Waals surface area contributed by atoms with E-state index < -0.39 is 17.5 Å². The van der Waals surface area contributed by atoms with Crippen molar-refractivity contribution < 1.29 is 23.1 Å². The standard InChI is InChI=1S/C18H18F2N2O3/c1-22(11-12-6-7-16(25-2)15(20)8-12)17(23)10-21-18(24)13-4-3-5-14(19)9-13/h3-9H,10-11H2,1-2H3,(H,21,24). The second-order valence-corrected chi connectivity index (χ2v) is 5.41. The first kappa shape index (κ1) is 18.4. The van der Waals surface area contributed by atoms with Gasteiger partial charge in [-0.1, -0.05) is 12.1 Å². The van der Waals surface area contributed by atoms with Crippen LogP contribution < -0.4 is 10.1 Å². The Morgan fingerprint density at radius 1 is 1.16 bits per heavy atom. The molecule has 0 atom stereocenters. The average molecular weight is 348 g/mol. The Morgan fingerprint density at radius 3 is 2.56 bits per heavy atom. The molecule has 0 aromatic heterocycles. The van der Waals surface area contributed by atoms with Crippen LogP contribution in [0.4, 0.5) is 8.78 Å². The molecule has 0 aliphatic carbocycles. The zero-order valence-corrected chi connectivity index (χ0v) is 13.9. The van der Waals surface area contributed by atoms with Gasteiger partial charge in [-0.05, 0) is 35.9 Å². The number of ether oxygens (including phenoxy) is 1. The largest absolute Gasteiger partial charge is 0.494 e. The minimum Gasteiger partial charge on any atom is -0.494 e. The summed E-state index contributed by atoms with van der Waals surface area (Å²) in [5.41, 5.74) is 0.721. The molecule has 0 aliphatic heterocycles. The van der Waals surface area contributed by atoms with E-state index in [0.717, 1.165) is 6.07 Å². The van der Waals surface area contributed by atoms with Gasteiger partial charge >= 0.3 is 0 Å². The van der Waals surface area contributed by atoms with E-state index in [-0.39, 0.29) is 30.3 Å². The Morgan fingerprint density at radius 2 is 1.92 bits per heavy atom. The molecule has 1 N–H and O–H groups in total. The molecule has 0 saturated carbocycles. The maximum absolute atomic E-state index is 13.7. The second kappa shape index (κ2) is 8.23. The van der Waals surface area contributed by atoms with Crippen LogP contribution in [0, 0.1) is 11.6 Å². The molecule has 0 aliphatic rings. The molecule has 2 rings (SSSR count). The van der Waals surface area contributed by atoms with E-state index in [2.05, 4.69) is 5.32 Å². The summed E-state index contributed by atoms with van der Waals surface area (Å²) >= 11 is 0. The summed E-state index contributed by atoms with van der Waals surface area (Å²) in [5.74, 6) is -1.82. The van der Waals surface area contributed by atoms with Gasteiger partial charge in [-0.2, -0.15) is 0 Å². The fourth-order valence-corrected chi connectivity index (χ4v) is 2.19. The lowest BCUT2D eigenvalue weighted by Crippen LogP contribution is -2.37. The van der Waals surface area contributed by atoms with Crippen LogP contribution in [-0.2, 0) is 11.3 Å². The van der Waals surface area contributed by atoms with E-state index in [9.17, 15) is 18.4 Å². The van der Waals surface area contributed by atoms with Gasteiger partial charge in [0.15, 0.2) is 11.6 Å². The third kappa shape index (κ3) is 5.00. The first-order chi connectivity index (χ1) is 11.9. The van der Waals surface area contributed by atoms with Gasteiger partial charge in [0.05, 0.1) is 13.7 Å². The van der Waals surface area contributed by atoms with Crippen LogP contribution in [0.15, 0.2) is 42.5 Å². The number of rotatable bonds is 6. The van der Waals surface area contributed by atoms with Gasteiger partial charge in [0.25, 0.3) is 5.91 Å². The van der Waals surface area contributed by atoms with Gasteiger partial charge in [0, 0.05) is 19.2 Å². The zero-order chi connectivity index (χ0) is 18.4. The molecular weight excluding hydrogens is 330 g/mol. The van der Waals surface area contributed by atoms with Crippen molar-refractivity contribution in [2.24, 2.45) is 0 Å². The summed E-state index contributed by atoms with van der Waals surface area (Å²) in [6.45, 7) is -0.0694. The summed E-state index contributed by atoms with van der Waals surface area (Å²) in [7, 11) is 2.91. The maximum Gasteiger partial charge on any atom is 0.251 e. The lowest BCUT2D eigenvalue weighted by atomic mass is 10.2. The maximum atomic E-state index is 13.7. The lowest BCUT2D eigenvalue weighted by molar-refractivity contribution is -0.129. The van der Waals surface area contributed by atoms with Crippen molar-refractivity contribution in [1.29, 1.82) is 0 Å². The average Bonchev–Trinajstić information content (AvgIpc) is 2.59. The molecule has 0 spiro atoms. The number of methoxy groups -OCH3 is 1. The Balaban J connectivity index is 1.90. The highest BCUT2D eigenvalue weighted by Crippen LogP contribution is 2.18. The molecule has 0 radical (unpaired) electrons. The van der Waals surface area contributed by atoms with E-state index >= 15 is 0 Å². The number of carbonyl (C=O) groups excluding carboxylic acids is 2. The number of benzene rings is 2. The molecule has 25 heavy (non-hydrogen) atoms. The van der Waals surface area contributed by atoms with Gasteiger partial charge in [-0.3, -0.25) is 9.59 Å². The third-order valence-electron chi connectivity index (χ3n) is 3.55. The molecule has 0 bridgehead atoms. The third-order valence-corrected chi connectivity index (χ3v) is 3.55. The number of halogens is 2. The minimum absolute atomic E-state index is 0.125. The molecule has 132 valence electrons. The Bertz CT molecular complexity index is 781. The number of likely N-dealkylation sites (N-methyl/N-ethyl adjacent to an activating group) is 1. The summed E-state index contributed by atoms with van der Waals surface area (Å²) in [5, 5.41) is 2.43. The summed E-state index contributed by atoms with van der Waals surface area (Å²) in [6, 6.07) is 9.59. The predicted octanol–water partition coefficient (Wildman–Crippen LogP) is 2.36. The number of nitrogens with one attached hydrogen (secondary N) is 1. The highest BCUT2D eigenvalue weighted by atomic mass is 19.1. The normalized spacial score (nSPS) is 10.2. The van der Waals surface area contributed by atoms with Gasteiger partial charge in [-0.25, -0.2) is 8.78 Å². The molecular formula is C18H18F2N2O3. The van der Waals surface area contributed by atoms with Crippen LogP contribution in [0.3, 0.4) is 0 Å². The summed E-state index contributed by atoms with van der Waals surface area (Å²) in [6.07, 6.45) is 0. The summed E-state index contributed by atoms with van der Waals surface area (Å²) < 4.78 is 31.6. The zero-order valence-electron chi connectivity index (χ0n) is 13.9. The second-order valence-electron chi connectivity index (χ2n) is 5.41. The summed E-state index contributed by atoms with van der Waals surface area (Å²) in [4.78, 5) is 25.3. The fraction of sp³-hybridized carbons (Fsp3) is 0.222. The number of carbonyl (C=O) groups is 2. The Labute approximate surface area is 144 Å². The van der Waals surface area contributed by atoms with Crippen LogP contribution in [0.5, 0.6) is 5.75 Å². The molecule has 0 unspecified atom stereocenters. The topological polar surface area (TPSA) is 58.6 Å². The molecule has 2 amide bonds. The quantitative estimate of drug-likeness (QED) is 0.872. The Kier molecular flexibility index (Phi) is 6.05. The van der Waals surface area contributed by atoms with Crippen LogP contribution in [0.25, 0.3) is 0 Å². The lowest BCUT2D eigenvalue weighted by Gasteiger charge is -2.18. The van der Waals surface area contributed by atoms with Gasteiger partial charge in [0.1, 0.15) is 5.82 Å². The number of hydrogen-bond donors (Lipinski definition) is 1. The number of hydrogen-bond acceptors (Lipinski definition) is 3. The van der Waals surface area contributed by atoms with Crippen molar-refractivity contribution in [1.82, 2.24) is 10.2 Å². The van der Waals surface area contributed by atoms with E-state index in [0.29, 0.717) is 5.56 Å². The SMILES string of the molecule is COc1ccc(CN(C)C(=O)CNC(=O)c2cccc(F)c2)cc1F. The Hall–Kier alpha value is -2.96. The van der Waals surface area contributed by atoms with Crippen molar-refractivity contribution >= 4 is 11.8 Å². The number of nitrogens with zero attached hydrogens (tertiary/aromatic N) is 1. The predicted molar refractivity (Wildman–Crippen MR) is 88.2 cm³/mol. The van der Waals surface area contributed by atoms with Crippen molar-refractivity contribution in [2.45, 2.75) is 6.54 Å². The van der Waals surface area contributed by atoms with Crippen molar-refractivity contribution in [3.8, 4) is 5.75 Å². The highest BCUT2D eigenvalue weighted by molar-refractivity contribution is 5.96. The monoisotopic (exact) mass is 348 g/mol. The molecule has 2 aromatic rings. The van der Waals surface area contributed by atoms with Crippen LogP contribution in [-0.4, -0.2) is 37.4 Å². The van der Waals surface area contributed by atoms with Gasteiger partial charge < -0.3 is 15.0 Å². The van der Waals surface area contributed by atoms with Crippen LogP contribution >= 0.6 is 0 Å². The first-order valence-electron chi connectivity index (χ1n) is 7.51. The van der Waals surface area contributed by atoms with E-state index in [1.807, 2.05) is 0 Å². The first-order valence-corrected chi connectivity index (χ1v) is 7.51. The van der Waals surface area contributed by atoms with Crippen LogP contribution in [0.2, 0.25) is 0 Å². The van der Waals surface area contributed by atoms with Crippen molar-refractivity contribution in [2.75, 3.05) is 20.7 Å². The number of amides is 2. The molecule has 0 fully saturated rings. The molecule has 0 heterocycles. The minimum atomic E-state index is -0.545. The van der Waals surface area contributed by atoms with Crippen LogP contribution in [0.1, 0.15) is 15.9 Å². The molecule has 0 saturated heterocycles. The smallest absolute Gasteiger partial charge is 0.251 e. The van der Waals surface area contributed by atoms with Crippen molar-refractivity contribution in [3.05, 3.63) is 65.2 Å². The molecule has 7 heteroatoms. The van der Waals surface area contributed by atoms with Gasteiger partial charge in [0.2, 0.25) is 5.91 Å². The molecule has 5 nitrogen and oxygen atoms in total. The van der Waals surface area contributed by atoms with Crippen molar-refractivity contribution in [3.63, 3.8) is 0 Å². The van der Waals surface area contributed by atoms with E-state index in [1.165, 1.54) is 42.3 Å². The molecule has 2 aromatic carbocycles. The van der Waals surface area contributed by atoms with E-state index in [4.69, 9.17) is 4.74 Å².